The number of hydrogen-bond donors (Lipinski definition) is 6. The average molecular weight is 498 g/mol. The summed E-state index contributed by atoms with van der Waals surface area (Å²) in [5, 5.41) is 15.2. The molecule has 0 aliphatic carbocycles. The Bertz CT molecular complexity index is 1210. The van der Waals surface area contributed by atoms with Crippen LogP contribution in [0.15, 0.2) is 48.5 Å². The van der Waals surface area contributed by atoms with Crippen LogP contribution in [0.5, 0.6) is 0 Å². The third-order valence-corrected chi connectivity index (χ3v) is 5.12. The molecular weight excluding hydrogens is 472 g/mol. The van der Waals surface area contributed by atoms with Crippen LogP contribution in [0.4, 0.5) is 13.6 Å². The Hall–Kier alpha value is -4.45. The number of hydroxylamine groups is 1. The Kier molecular flexibility index (Phi) is 9.93. The van der Waals surface area contributed by atoms with Crippen molar-refractivity contribution in [3.63, 3.8) is 0 Å². The fourth-order valence-corrected chi connectivity index (χ4v) is 2.96. The Labute approximate surface area is 206 Å². The van der Waals surface area contributed by atoms with E-state index in [2.05, 4.69) is 34.3 Å². The lowest BCUT2D eigenvalue weighted by molar-refractivity contribution is -0.135. The van der Waals surface area contributed by atoms with Crippen LogP contribution >= 0.6 is 0 Å². The minimum Gasteiger partial charge on any atom is -0.341 e. The summed E-state index contributed by atoms with van der Waals surface area (Å²) >= 11 is 0. The molecule has 2 atom stereocenters. The number of urea groups is 1. The van der Waals surface area contributed by atoms with Gasteiger partial charge in [-0.05, 0) is 60.7 Å². The van der Waals surface area contributed by atoms with E-state index in [-0.39, 0.29) is 5.56 Å². The van der Waals surface area contributed by atoms with Crippen LogP contribution in [0.3, 0.4) is 0 Å². The summed E-state index contributed by atoms with van der Waals surface area (Å²) in [6.45, 7) is 1.30. The number of nitrogens with one attached hydrogen (secondary N) is 4. The first kappa shape index (κ1) is 27.8. The molecule has 0 aromatic heterocycles. The van der Waals surface area contributed by atoms with Crippen LogP contribution in [0.1, 0.15) is 34.0 Å². The number of nitrogens with two attached hydrogens (primary N) is 1. The normalized spacial score (nSPS) is 12.5. The van der Waals surface area contributed by atoms with E-state index in [1.54, 1.807) is 0 Å². The van der Waals surface area contributed by atoms with Gasteiger partial charge in [-0.3, -0.25) is 14.8 Å². The van der Waals surface area contributed by atoms with Gasteiger partial charge < -0.3 is 21.7 Å². The first-order chi connectivity index (χ1) is 17.1. The number of hydrogen-bond acceptors (Lipinski definition) is 5. The highest BCUT2D eigenvalue weighted by Crippen LogP contribution is 2.21. The van der Waals surface area contributed by atoms with E-state index >= 15 is 0 Å². The van der Waals surface area contributed by atoms with E-state index in [9.17, 15) is 23.2 Å². The maximum atomic E-state index is 13.8. The maximum Gasteiger partial charge on any atom is 0.315 e. The lowest BCUT2D eigenvalue weighted by Crippen LogP contribution is -2.69. The van der Waals surface area contributed by atoms with Crippen molar-refractivity contribution in [3.8, 4) is 23.7 Å². The number of carbonyl (C=O) groups excluding carboxylic acids is 3. The zero-order valence-corrected chi connectivity index (χ0v) is 19.5. The Morgan fingerprint density at radius 3 is 1.97 bits per heavy atom. The van der Waals surface area contributed by atoms with Crippen molar-refractivity contribution in [3.05, 3.63) is 70.8 Å². The summed E-state index contributed by atoms with van der Waals surface area (Å²) in [6.07, 6.45) is -3.28. The molecule has 2 unspecified atom stereocenters. The van der Waals surface area contributed by atoms with Gasteiger partial charge in [0.1, 0.15) is 11.6 Å². The molecule has 4 amide bonds. The molecule has 0 spiro atoms. The molecule has 0 saturated carbocycles. The zero-order chi connectivity index (χ0) is 26.7. The van der Waals surface area contributed by atoms with Gasteiger partial charge in [-0.2, -0.15) is 0 Å². The molecule has 9 nitrogen and oxygen atoms in total. The summed E-state index contributed by atoms with van der Waals surface area (Å²) < 4.78 is 27.7. The van der Waals surface area contributed by atoms with Crippen LogP contribution in [-0.4, -0.2) is 48.1 Å². The van der Waals surface area contributed by atoms with E-state index in [0.717, 1.165) is 18.1 Å². The molecule has 2 aromatic carbocycles. The van der Waals surface area contributed by atoms with Crippen molar-refractivity contribution in [1.29, 1.82) is 0 Å². The molecule has 2 aromatic rings. The molecule has 0 aliphatic rings. The van der Waals surface area contributed by atoms with Crippen LogP contribution in [0.25, 0.3) is 0 Å². The van der Waals surface area contributed by atoms with Gasteiger partial charge >= 0.3 is 6.03 Å². The van der Waals surface area contributed by atoms with E-state index in [0.29, 0.717) is 12.1 Å². The van der Waals surface area contributed by atoms with Gasteiger partial charge in [-0.25, -0.2) is 19.1 Å². The second-order valence-corrected chi connectivity index (χ2v) is 7.65. The Balaban J connectivity index is 2.16. The zero-order valence-electron chi connectivity index (χ0n) is 19.5. The van der Waals surface area contributed by atoms with Crippen molar-refractivity contribution in [2.75, 3.05) is 7.05 Å². The van der Waals surface area contributed by atoms with Crippen LogP contribution in [0, 0.1) is 23.7 Å². The number of alkyl halides is 2. The van der Waals surface area contributed by atoms with Crippen molar-refractivity contribution in [1.82, 2.24) is 21.4 Å². The standard InChI is InChI=1S/C25H25F2N5O4/c1-25(23(26)27,31-24(35)29-2)20(22(34)32-36)30-21(33)19-13-11-17(12-14-19)6-4-3-5-16-7-9-18(15-28)10-8-16/h7-14,20,23,36H,15,28H2,1-2H3,(H,30,33)(H,32,34)(H2,29,31,35). The third-order valence-electron chi connectivity index (χ3n) is 5.12. The highest BCUT2D eigenvalue weighted by molar-refractivity contribution is 5.98. The average Bonchev–Trinajstić information content (AvgIpc) is 2.89. The molecule has 0 saturated heterocycles. The van der Waals surface area contributed by atoms with Crippen molar-refractivity contribution in [2.24, 2.45) is 5.73 Å². The molecule has 2 rings (SSSR count). The van der Waals surface area contributed by atoms with Gasteiger partial charge in [0.25, 0.3) is 18.2 Å². The lowest BCUT2D eigenvalue weighted by Gasteiger charge is -2.36. The van der Waals surface area contributed by atoms with Crippen LogP contribution in [-0.2, 0) is 11.3 Å². The Morgan fingerprint density at radius 1 is 1.00 bits per heavy atom. The molecule has 188 valence electrons. The molecule has 0 radical (unpaired) electrons. The summed E-state index contributed by atoms with van der Waals surface area (Å²) in [5.41, 5.74) is 6.56. The van der Waals surface area contributed by atoms with E-state index in [4.69, 9.17) is 10.9 Å². The monoisotopic (exact) mass is 497 g/mol. The highest BCUT2D eigenvalue weighted by Gasteiger charge is 2.48. The Morgan fingerprint density at radius 2 is 1.53 bits per heavy atom. The largest absolute Gasteiger partial charge is 0.341 e. The topological polar surface area (TPSA) is 146 Å². The van der Waals surface area contributed by atoms with Gasteiger partial charge in [0.15, 0.2) is 0 Å². The number of amides is 4. The molecule has 0 fully saturated rings. The van der Waals surface area contributed by atoms with Crippen LogP contribution < -0.4 is 27.2 Å². The number of rotatable bonds is 7. The minimum atomic E-state index is -3.28. The predicted molar refractivity (Wildman–Crippen MR) is 128 cm³/mol. The summed E-state index contributed by atoms with van der Waals surface area (Å²) in [4.78, 5) is 36.4. The lowest BCUT2D eigenvalue weighted by atomic mass is 9.91. The summed E-state index contributed by atoms with van der Waals surface area (Å²) in [7, 11) is 1.19. The van der Waals surface area contributed by atoms with Gasteiger partial charge in [-0.15, -0.1) is 0 Å². The van der Waals surface area contributed by atoms with E-state index < -0.39 is 35.9 Å². The molecule has 11 heteroatoms. The molecule has 7 N–H and O–H groups in total. The summed E-state index contributed by atoms with van der Waals surface area (Å²) in [6, 6.07) is 10.1. The molecule has 0 aliphatic heterocycles. The third kappa shape index (κ3) is 7.27. The molecule has 0 heterocycles. The van der Waals surface area contributed by atoms with E-state index in [1.165, 1.54) is 36.8 Å². The fraction of sp³-hybridized carbons (Fsp3) is 0.240. The fourth-order valence-electron chi connectivity index (χ4n) is 2.96. The number of halogens is 2. The van der Waals surface area contributed by atoms with Gasteiger partial charge in [0.2, 0.25) is 0 Å². The van der Waals surface area contributed by atoms with Gasteiger partial charge in [0, 0.05) is 30.3 Å². The van der Waals surface area contributed by atoms with Gasteiger partial charge in [0.05, 0.1) is 0 Å². The second-order valence-electron chi connectivity index (χ2n) is 7.65. The van der Waals surface area contributed by atoms with Crippen molar-refractivity contribution in [2.45, 2.75) is 31.5 Å². The molecule has 0 bridgehead atoms. The quantitative estimate of drug-likeness (QED) is 0.193. The molecular formula is C25H25F2N5O4. The predicted octanol–water partition coefficient (Wildman–Crippen LogP) is 1.11. The van der Waals surface area contributed by atoms with Crippen LogP contribution in [0.2, 0.25) is 0 Å². The highest BCUT2D eigenvalue weighted by atomic mass is 19.3. The molecule has 36 heavy (non-hydrogen) atoms. The number of benzene rings is 2. The number of carbonyl (C=O) groups is 3. The van der Waals surface area contributed by atoms with Crippen molar-refractivity contribution >= 4 is 17.8 Å². The SMILES string of the molecule is CNC(=O)NC(C)(C(F)F)C(NC(=O)c1ccc(C#CC#Cc2ccc(CN)cc2)cc1)C(=O)NO. The minimum absolute atomic E-state index is 0.0268. The van der Waals surface area contributed by atoms with Gasteiger partial charge in [-0.1, -0.05) is 24.0 Å². The summed E-state index contributed by atoms with van der Waals surface area (Å²) in [5.74, 6) is 8.87. The first-order valence-corrected chi connectivity index (χ1v) is 10.6. The smallest absolute Gasteiger partial charge is 0.315 e. The van der Waals surface area contributed by atoms with Crippen molar-refractivity contribution < 1.29 is 28.4 Å². The van der Waals surface area contributed by atoms with E-state index in [1.807, 2.05) is 29.6 Å². The maximum absolute atomic E-state index is 13.8. The first-order valence-electron chi connectivity index (χ1n) is 10.6. The second kappa shape index (κ2) is 12.9.